The van der Waals surface area contributed by atoms with Gasteiger partial charge >= 0.3 is 0 Å². The first-order valence-electron chi connectivity index (χ1n) is 9.45. The third-order valence-corrected chi connectivity index (χ3v) is 5.91. The SMILES string of the molecule is CCNC(=NCC(=O)N1CCc2sccc2C1)N(C)Cc1ccccc1C.I. The van der Waals surface area contributed by atoms with Crippen molar-refractivity contribution in [3.63, 3.8) is 0 Å². The van der Waals surface area contributed by atoms with Crippen LogP contribution in [0, 0.1) is 6.92 Å². The van der Waals surface area contributed by atoms with Crippen LogP contribution in [0.25, 0.3) is 0 Å². The molecule has 2 heterocycles. The van der Waals surface area contributed by atoms with Crippen LogP contribution >= 0.6 is 35.3 Å². The Morgan fingerprint density at radius 3 is 2.86 bits per heavy atom. The van der Waals surface area contributed by atoms with Crippen LogP contribution < -0.4 is 5.32 Å². The Balaban J connectivity index is 0.00000280. The fourth-order valence-electron chi connectivity index (χ4n) is 3.29. The maximum absolute atomic E-state index is 12.6. The number of guanidine groups is 1. The minimum absolute atomic E-state index is 0. The van der Waals surface area contributed by atoms with Gasteiger partial charge in [0.15, 0.2) is 5.96 Å². The quantitative estimate of drug-likeness (QED) is 0.378. The molecule has 2 aromatic rings. The van der Waals surface area contributed by atoms with E-state index >= 15 is 0 Å². The molecule has 1 amide bonds. The molecule has 152 valence electrons. The highest BCUT2D eigenvalue weighted by Crippen LogP contribution is 2.23. The highest BCUT2D eigenvalue weighted by atomic mass is 127. The second-order valence-electron chi connectivity index (χ2n) is 6.89. The minimum Gasteiger partial charge on any atom is -0.357 e. The van der Waals surface area contributed by atoms with Crippen molar-refractivity contribution in [1.82, 2.24) is 15.1 Å². The second kappa shape index (κ2) is 10.8. The molecule has 1 aromatic carbocycles. The number of aliphatic imine (C=N–C) groups is 1. The van der Waals surface area contributed by atoms with Crippen LogP contribution in [0.4, 0.5) is 0 Å². The lowest BCUT2D eigenvalue weighted by atomic mass is 10.1. The Morgan fingerprint density at radius 2 is 2.11 bits per heavy atom. The van der Waals surface area contributed by atoms with Crippen LogP contribution in [0.5, 0.6) is 0 Å². The number of carbonyl (C=O) groups excluding carboxylic acids is 1. The Morgan fingerprint density at radius 1 is 1.32 bits per heavy atom. The highest BCUT2D eigenvalue weighted by Gasteiger charge is 2.21. The normalized spacial score (nSPS) is 13.5. The van der Waals surface area contributed by atoms with Gasteiger partial charge in [-0.05, 0) is 48.4 Å². The average molecular weight is 512 g/mol. The monoisotopic (exact) mass is 512 g/mol. The van der Waals surface area contributed by atoms with Gasteiger partial charge in [0.2, 0.25) is 5.91 Å². The van der Waals surface area contributed by atoms with Crippen LogP contribution in [-0.2, 0) is 24.3 Å². The van der Waals surface area contributed by atoms with Gasteiger partial charge in [0.1, 0.15) is 6.54 Å². The average Bonchev–Trinajstić information content (AvgIpc) is 3.14. The van der Waals surface area contributed by atoms with Crippen molar-refractivity contribution >= 4 is 47.2 Å². The van der Waals surface area contributed by atoms with E-state index in [2.05, 4.69) is 51.8 Å². The van der Waals surface area contributed by atoms with Crippen LogP contribution in [0.2, 0.25) is 0 Å². The van der Waals surface area contributed by atoms with Crippen LogP contribution in [0.15, 0.2) is 40.7 Å². The second-order valence-corrected chi connectivity index (χ2v) is 7.89. The van der Waals surface area contributed by atoms with E-state index in [1.165, 1.54) is 21.6 Å². The fourth-order valence-corrected chi connectivity index (χ4v) is 4.18. The summed E-state index contributed by atoms with van der Waals surface area (Å²) in [6, 6.07) is 10.5. The molecular weight excluding hydrogens is 483 g/mol. The van der Waals surface area contributed by atoms with Gasteiger partial charge in [0.05, 0.1) is 0 Å². The molecule has 1 aliphatic rings. The molecule has 28 heavy (non-hydrogen) atoms. The predicted molar refractivity (Wildman–Crippen MR) is 127 cm³/mol. The van der Waals surface area contributed by atoms with Crippen LogP contribution in [0.1, 0.15) is 28.5 Å². The number of amides is 1. The van der Waals surface area contributed by atoms with Crippen molar-refractivity contribution in [2.75, 3.05) is 26.7 Å². The Labute approximate surface area is 188 Å². The number of nitrogens with one attached hydrogen (secondary N) is 1. The number of hydrogen-bond acceptors (Lipinski definition) is 3. The molecule has 7 heteroatoms. The largest absolute Gasteiger partial charge is 0.357 e. The number of hydrogen-bond donors (Lipinski definition) is 1. The Kier molecular flexibility index (Phi) is 8.75. The van der Waals surface area contributed by atoms with Gasteiger partial charge in [0.25, 0.3) is 0 Å². The van der Waals surface area contributed by atoms with Crippen LogP contribution in [0.3, 0.4) is 0 Å². The van der Waals surface area contributed by atoms with E-state index in [0.717, 1.165) is 32.0 Å². The van der Waals surface area contributed by atoms with E-state index in [9.17, 15) is 4.79 Å². The van der Waals surface area contributed by atoms with Crippen molar-refractivity contribution in [3.8, 4) is 0 Å². The number of carbonyl (C=O) groups is 1. The van der Waals surface area contributed by atoms with Gasteiger partial charge in [-0.3, -0.25) is 4.79 Å². The predicted octanol–water partition coefficient (Wildman–Crippen LogP) is 3.66. The molecule has 0 atom stereocenters. The summed E-state index contributed by atoms with van der Waals surface area (Å²) in [6.45, 7) is 7.37. The van der Waals surface area contributed by atoms with Crippen LogP contribution in [-0.4, -0.2) is 48.3 Å². The molecule has 0 saturated carbocycles. The minimum atomic E-state index is 0. The van der Waals surface area contributed by atoms with E-state index in [0.29, 0.717) is 6.54 Å². The number of fused-ring (bicyclic) bond motifs is 1. The first kappa shape index (κ1) is 22.7. The summed E-state index contributed by atoms with van der Waals surface area (Å²) < 4.78 is 0. The number of aryl methyl sites for hydroxylation is 1. The summed E-state index contributed by atoms with van der Waals surface area (Å²) >= 11 is 1.79. The molecule has 1 aromatic heterocycles. The zero-order valence-electron chi connectivity index (χ0n) is 16.8. The standard InChI is InChI=1S/C21H28N4OS.HI/c1-4-22-21(24(3)14-17-8-6-5-7-16(17)2)23-13-20(26)25-11-9-19-18(15-25)10-12-27-19;/h5-8,10,12H,4,9,11,13-15H2,1-3H3,(H,22,23);1H. The molecule has 0 aliphatic carbocycles. The molecule has 0 saturated heterocycles. The van der Waals surface area contributed by atoms with Crippen molar-refractivity contribution < 1.29 is 4.79 Å². The lowest BCUT2D eigenvalue weighted by Crippen LogP contribution is -2.41. The van der Waals surface area contributed by atoms with Gasteiger partial charge in [-0.1, -0.05) is 24.3 Å². The lowest BCUT2D eigenvalue weighted by Gasteiger charge is -2.27. The molecule has 0 radical (unpaired) electrons. The topological polar surface area (TPSA) is 47.9 Å². The molecule has 5 nitrogen and oxygen atoms in total. The summed E-state index contributed by atoms with van der Waals surface area (Å²) in [6.07, 6.45) is 0.954. The number of benzene rings is 1. The van der Waals surface area contributed by atoms with Gasteiger partial charge in [0, 0.05) is 38.1 Å². The van der Waals surface area contributed by atoms with E-state index < -0.39 is 0 Å². The Hall–Kier alpha value is -1.61. The fraction of sp³-hybridized carbons (Fsp3) is 0.429. The molecule has 3 rings (SSSR count). The smallest absolute Gasteiger partial charge is 0.244 e. The highest BCUT2D eigenvalue weighted by molar-refractivity contribution is 14.0. The molecule has 0 bridgehead atoms. The third-order valence-electron chi connectivity index (χ3n) is 4.89. The molecule has 0 fully saturated rings. The van der Waals surface area contributed by atoms with Gasteiger partial charge < -0.3 is 15.1 Å². The maximum atomic E-state index is 12.6. The lowest BCUT2D eigenvalue weighted by molar-refractivity contribution is -0.130. The molecule has 1 aliphatic heterocycles. The molecular formula is C21H29IN4OS. The van der Waals surface area contributed by atoms with Gasteiger partial charge in [-0.25, -0.2) is 4.99 Å². The third kappa shape index (κ3) is 5.70. The van der Waals surface area contributed by atoms with Crippen molar-refractivity contribution in [3.05, 3.63) is 57.3 Å². The van der Waals surface area contributed by atoms with Crippen molar-refractivity contribution in [2.45, 2.75) is 33.4 Å². The van der Waals surface area contributed by atoms with Crippen molar-refractivity contribution in [1.29, 1.82) is 0 Å². The number of rotatable bonds is 5. The van der Waals surface area contributed by atoms with Crippen molar-refractivity contribution in [2.24, 2.45) is 4.99 Å². The molecule has 0 spiro atoms. The summed E-state index contributed by atoms with van der Waals surface area (Å²) in [4.78, 5) is 22.7. The van der Waals surface area contributed by atoms with E-state index in [1.807, 2.05) is 24.9 Å². The zero-order chi connectivity index (χ0) is 19.2. The summed E-state index contributed by atoms with van der Waals surface area (Å²) in [5.74, 6) is 0.855. The van der Waals surface area contributed by atoms with E-state index in [4.69, 9.17) is 0 Å². The zero-order valence-corrected chi connectivity index (χ0v) is 19.9. The van der Waals surface area contributed by atoms with Gasteiger partial charge in [-0.2, -0.15) is 0 Å². The summed E-state index contributed by atoms with van der Waals surface area (Å²) in [7, 11) is 2.01. The maximum Gasteiger partial charge on any atom is 0.244 e. The molecule has 0 unspecified atom stereocenters. The Bertz CT molecular complexity index is 820. The number of halogens is 1. The number of thiophene rings is 1. The number of nitrogens with zero attached hydrogens (tertiary/aromatic N) is 3. The van der Waals surface area contributed by atoms with Gasteiger partial charge in [-0.15, -0.1) is 35.3 Å². The first-order valence-corrected chi connectivity index (χ1v) is 10.3. The summed E-state index contributed by atoms with van der Waals surface area (Å²) in [5, 5.41) is 5.41. The van der Waals surface area contributed by atoms with E-state index in [-0.39, 0.29) is 36.4 Å². The summed E-state index contributed by atoms with van der Waals surface area (Å²) in [5.41, 5.74) is 3.81. The molecule has 1 N–H and O–H groups in total. The van der Waals surface area contributed by atoms with E-state index in [1.54, 1.807) is 11.3 Å². The first-order chi connectivity index (χ1) is 13.1.